The van der Waals surface area contributed by atoms with Gasteiger partial charge in [0.05, 0.1) is 28.5 Å². The number of carbonyl (C=O) groups excluding carboxylic acids is 2. The van der Waals surface area contributed by atoms with Gasteiger partial charge in [0.2, 0.25) is 0 Å². The summed E-state index contributed by atoms with van der Waals surface area (Å²) in [6.45, 7) is 1.60. The molecule has 1 aromatic heterocycles. The van der Waals surface area contributed by atoms with E-state index in [2.05, 4.69) is 10.4 Å². The first-order valence-electron chi connectivity index (χ1n) is 11.2. The van der Waals surface area contributed by atoms with Crippen LogP contribution >= 0.6 is 23.2 Å². The highest BCUT2D eigenvalue weighted by Crippen LogP contribution is 2.32. The number of rotatable bonds is 5. The smallest absolute Gasteiger partial charge is 0.303 e. The van der Waals surface area contributed by atoms with Crippen molar-refractivity contribution in [2.45, 2.75) is 13.5 Å². The van der Waals surface area contributed by atoms with Crippen molar-refractivity contribution in [3.05, 3.63) is 115 Å². The Labute approximate surface area is 220 Å². The van der Waals surface area contributed by atoms with E-state index in [1.807, 2.05) is 19.1 Å². The predicted octanol–water partition coefficient (Wildman–Crippen LogP) is 5.68. The van der Waals surface area contributed by atoms with E-state index in [0.717, 1.165) is 10.5 Å². The van der Waals surface area contributed by atoms with Gasteiger partial charge in [-0.05, 0) is 48.9 Å². The van der Waals surface area contributed by atoms with Crippen LogP contribution in [-0.4, -0.2) is 26.6 Å². The molecule has 5 rings (SSSR count). The van der Waals surface area contributed by atoms with Gasteiger partial charge in [-0.3, -0.25) is 19.6 Å². The summed E-state index contributed by atoms with van der Waals surface area (Å²) >= 11 is 12.5. The Morgan fingerprint density at radius 1 is 0.973 bits per heavy atom. The van der Waals surface area contributed by atoms with Crippen molar-refractivity contribution in [2.24, 2.45) is 0 Å². The number of hydrogen-bond donors (Lipinski definition) is 2. The van der Waals surface area contributed by atoms with E-state index in [4.69, 9.17) is 23.2 Å². The van der Waals surface area contributed by atoms with E-state index in [-0.39, 0.29) is 28.4 Å². The third kappa shape index (κ3) is 4.57. The van der Waals surface area contributed by atoms with Crippen molar-refractivity contribution in [1.82, 2.24) is 20.0 Å². The van der Waals surface area contributed by atoms with Gasteiger partial charge < -0.3 is 5.32 Å². The van der Waals surface area contributed by atoms with E-state index < -0.39 is 23.3 Å². The fraction of sp³-hybridized carbons (Fsp3) is 0.0741. The Morgan fingerprint density at radius 2 is 1.70 bits per heavy atom. The predicted molar refractivity (Wildman–Crippen MR) is 140 cm³/mol. The van der Waals surface area contributed by atoms with Crippen LogP contribution in [0.25, 0.3) is 23.0 Å². The minimum Gasteiger partial charge on any atom is -0.303 e. The number of aromatic amines is 1. The molecule has 2 N–H and O–H groups in total. The highest BCUT2D eigenvalue weighted by molar-refractivity contribution is 6.36. The third-order valence-electron chi connectivity index (χ3n) is 6.02. The summed E-state index contributed by atoms with van der Waals surface area (Å²) < 4.78 is 15.5. The summed E-state index contributed by atoms with van der Waals surface area (Å²) in [5, 5.41) is 6.28. The number of H-pyrrole nitrogens is 1. The molecule has 2 heterocycles. The SMILES string of the molecule is Cc1ccccc1-n1[nH]c(-c2ccc(Cl)cc2Cl)c(/C=C2\NC(=O)N(Cc3ccccc3F)C2=O)c1=O. The van der Waals surface area contributed by atoms with Gasteiger partial charge in [0.15, 0.2) is 0 Å². The molecule has 0 atom stereocenters. The maximum Gasteiger partial charge on any atom is 0.329 e. The molecule has 3 aromatic carbocycles. The number of halogens is 3. The fourth-order valence-electron chi connectivity index (χ4n) is 4.12. The molecule has 10 heteroatoms. The van der Waals surface area contributed by atoms with Crippen LogP contribution in [0, 0.1) is 12.7 Å². The Hall–Kier alpha value is -4.14. The van der Waals surface area contributed by atoms with E-state index in [9.17, 15) is 18.8 Å². The molecule has 1 aliphatic rings. The van der Waals surface area contributed by atoms with Crippen LogP contribution in [0.2, 0.25) is 10.0 Å². The largest absolute Gasteiger partial charge is 0.329 e. The fourth-order valence-corrected chi connectivity index (χ4v) is 4.63. The van der Waals surface area contributed by atoms with Gasteiger partial charge in [-0.15, -0.1) is 0 Å². The second kappa shape index (κ2) is 9.72. The van der Waals surface area contributed by atoms with Crippen LogP contribution in [0.5, 0.6) is 0 Å². The van der Waals surface area contributed by atoms with Gasteiger partial charge in [0.25, 0.3) is 11.5 Å². The van der Waals surface area contributed by atoms with E-state index in [1.165, 1.54) is 35.0 Å². The molecule has 3 amide bonds. The van der Waals surface area contributed by atoms with Crippen molar-refractivity contribution in [1.29, 1.82) is 0 Å². The quantitative estimate of drug-likeness (QED) is 0.254. The number of carbonyl (C=O) groups is 2. The van der Waals surface area contributed by atoms with Gasteiger partial charge >= 0.3 is 6.03 Å². The number of urea groups is 1. The van der Waals surface area contributed by atoms with Crippen molar-refractivity contribution in [3.8, 4) is 16.9 Å². The number of amides is 3. The van der Waals surface area contributed by atoms with Crippen LogP contribution in [0.15, 0.2) is 77.2 Å². The van der Waals surface area contributed by atoms with Crippen molar-refractivity contribution in [3.63, 3.8) is 0 Å². The highest BCUT2D eigenvalue weighted by Gasteiger charge is 2.35. The average molecular weight is 537 g/mol. The summed E-state index contributed by atoms with van der Waals surface area (Å²) in [5.74, 6) is -1.23. The molecule has 37 heavy (non-hydrogen) atoms. The molecule has 0 bridgehead atoms. The lowest BCUT2D eigenvalue weighted by Crippen LogP contribution is -2.30. The lowest BCUT2D eigenvalue weighted by Gasteiger charge is -2.12. The number of para-hydroxylation sites is 1. The van der Waals surface area contributed by atoms with E-state index in [1.54, 1.807) is 30.3 Å². The Morgan fingerprint density at radius 3 is 2.43 bits per heavy atom. The van der Waals surface area contributed by atoms with Gasteiger partial charge in [-0.1, -0.05) is 59.6 Å². The molecular formula is C27H19Cl2FN4O3. The highest BCUT2D eigenvalue weighted by atomic mass is 35.5. The summed E-state index contributed by atoms with van der Waals surface area (Å²) in [4.78, 5) is 40.2. The summed E-state index contributed by atoms with van der Waals surface area (Å²) in [7, 11) is 0. The second-order valence-electron chi connectivity index (χ2n) is 8.42. The standard InChI is InChI=1S/C27H19Cl2FN4O3/c1-15-6-2-5-9-23(15)34-25(35)19(24(32-34)18-11-10-17(28)12-20(18)29)13-22-26(36)33(27(37)31-22)14-16-7-3-4-8-21(16)30/h2-13,32H,14H2,1H3,(H,31,37)/b22-13-. The zero-order valence-electron chi connectivity index (χ0n) is 19.4. The molecular weight excluding hydrogens is 518 g/mol. The zero-order chi connectivity index (χ0) is 26.3. The second-order valence-corrected chi connectivity index (χ2v) is 9.27. The first-order chi connectivity index (χ1) is 17.7. The molecule has 1 saturated heterocycles. The summed E-state index contributed by atoms with van der Waals surface area (Å²) in [6, 6.07) is 17.2. The molecule has 7 nitrogen and oxygen atoms in total. The normalized spacial score (nSPS) is 14.5. The molecule has 0 saturated carbocycles. The number of benzene rings is 3. The minimum atomic E-state index is -0.722. The van der Waals surface area contributed by atoms with Gasteiger partial charge in [0, 0.05) is 16.1 Å². The van der Waals surface area contributed by atoms with Crippen molar-refractivity contribution < 1.29 is 14.0 Å². The summed E-state index contributed by atoms with van der Waals surface area (Å²) in [5.41, 5.74) is 1.94. The number of aryl methyl sites for hydroxylation is 1. The third-order valence-corrected chi connectivity index (χ3v) is 6.57. The lowest BCUT2D eigenvalue weighted by atomic mass is 10.1. The maximum absolute atomic E-state index is 14.1. The van der Waals surface area contributed by atoms with Gasteiger partial charge in [0.1, 0.15) is 11.5 Å². The average Bonchev–Trinajstić information content (AvgIpc) is 3.32. The van der Waals surface area contributed by atoms with Crippen LogP contribution in [0.3, 0.4) is 0 Å². The summed E-state index contributed by atoms with van der Waals surface area (Å²) in [6.07, 6.45) is 1.30. The Balaban J connectivity index is 1.62. The van der Waals surface area contributed by atoms with Gasteiger partial charge in [-0.2, -0.15) is 0 Å². The first kappa shape index (κ1) is 24.5. The van der Waals surface area contributed by atoms with Crippen molar-refractivity contribution in [2.75, 3.05) is 0 Å². The number of imide groups is 1. The lowest BCUT2D eigenvalue weighted by molar-refractivity contribution is -0.123. The number of nitrogens with zero attached hydrogens (tertiary/aromatic N) is 2. The molecule has 186 valence electrons. The Bertz CT molecular complexity index is 1660. The maximum atomic E-state index is 14.1. The van der Waals surface area contributed by atoms with Crippen LogP contribution in [0.4, 0.5) is 9.18 Å². The van der Waals surface area contributed by atoms with Crippen LogP contribution in [0.1, 0.15) is 16.7 Å². The van der Waals surface area contributed by atoms with Crippen LogP contribution < -0.4 is 10.9 Å². The molecule has 1 fully saturated rings. The Kier molecular flexibility index (Phi) is 6.45. The molecule has 0 radical (unpaired) electrons. The zero-order valence-corrected chi connectivity index (χ0v) is 20.9. The van der Waals surface area contributed by atoms with Crippen LogP contribution in [-0.2, 0) is 11.3 Å². The number of hydrogen-bond acceptors (Lipinski definition) is 3. The number of nitrogens with one attached hydrogen (secondary N) is 2. The molecule has 0 unspecified atom stereocenters. The van der Waals surface area contributed by atoms with Gasteiger partial charge in [-0.25, -0.2) is 13.9 Å². The monoisotopic (exact) mass is 536 g/mol. The molecule has 0 spiro atoms. The van der Waals surface area contributed by atoms with Crippen molar-refractivity contribution >= 4 is 41.2 Å². The topological polar surface area (TPSA) is 87.2 Å². The molecule has 1 aliphatic heterocycles. The first-order valence-corrected chi connectivity index (χ1v) is 11.9. The number of aromatic nitrogens is 2. The van der Waals surface area contributed by atoms with E-state index in [0.29, 0.717) is 22.0 Å². The minimum absolute atomic E-state index is 0.101. The molecule has 4 aromatic rings. The molecule has 0 aliphatic carbocycles. The van der Waals surface area contributed by atoms with E-state index >= 15 is 0 Å².